The molecule has 0 radical (unpaired) electrons. The number of aromatic nitrogens is 3. The van der Waals surface area contributed by atoms with E-state index in [1.807, 2.05) is 39.3 Å². The number of nitrogens with one attached hydrogen (secondary N) is 1. The van der Waals surface area contributed by atoms with Gasteiger partial charge in [0.05, 0.1) is 23.0 Å². The molecule has 0 fully saturated rings. The fourth-order valence-electron chi connectivity index (χ4n) is 1.86. The molecule has 1 N–H and O–H groups in total. The standard InChI is InChI=1S/C12H15ClN4/c1-8-4-5-9(6-15-8)11(14-2)12-10(13)7-16-17(12)3/h4-7,11,14H,1-3H3. The molecule has 0 amide bonds. The average molecular weight is 251 g/mol. The number of pyridine rings is 1. The molecular weight excluding hydrogens is 236 g/mol. The molecule has 0 spiro atoms. The molecule has 2 heterocycles. The quantitative estimate of drug-likeness (QED) is 0.907. The molecule has 0 saturated heterocycles. The number of hydrogen-bond acceptors (Lipinski definition) is 3. The summed E-state index contributed by atoms with van der Waals surface area (Å²) >= 11 is 6.16. The van der Waals surface area contributed by atoms with Gasteiger partial charge in [0, 0.05) is 18.9 Å². The van der Waals surface area contributed by atoms with E-state index in [0.29, 0.717) is 5.02 Å². The third kappa shape index (κ3) is 2.33. The molecule has 17 heavy (non-hydrogen) atoms. The maximum absolute atomic E-state index is 6.16. The molecule has 1 atom stereocenters. The van der Waals surface area contributed by atoms with Crippen LogP contribution in [0.5, 0.6) is 0 Å². The second-order valence-corrected chi connectivity index (χ2v) is 4.36. The van der Waals surface area contributed by atoms with Crippen LogP contribution in [-0.2, 0) is 7.05 Å². The third-order valence-electron chi connectivity index (χ3n) is 2.77. The number of hydrogen-bond donors (Lipinski definition) is 1. The maximum Gasteiger partial charge on any atom is 0.0837 e. The van der Waals surface area contributed by atoms with Gasteiger partial charge in [-0.3, -0.25) is 9.67 Å². The largest absolute Gasteiger partial charge is 0.308 e. The number of halogens is 1. The first-order chi connectivity index (χ1) is 8.13. The second-order valence-electron chi connectivity index (χ2n) is 3.96. The van der Waals surface area contributed by atoms with Gasteiger partial charge in [-0.25, -0.2) is 0 Å². The molecule has 1 unspecified atom stereocenters. The van der Waals surface area contributed by atoms with Gasteiger partial charge in [0.25, 0.3) is 0 Å². The first-order valence-electron chi connectivity index (χ1n) is 5.40. The van der Waals surface area contributed by atoms with Crippen LogP contribution in [0.4, 0.5) is 0 Å². The van der Waals surface area contributed by atoms with Gasteiger partial charge in [0.15, 0.2) is 0 Å². The van der Waals surface area contributed by atoms with Crippen molar-refractivity contribution >= 4 is 11.6 Å². The molecule has 0 aliphatic heterocycles. The minimum absolute atomic E-state index is 0.00287. The highest BCUT2D eigenvalue weighted by Crippen LogP contribution is 2.26. The van der Waals surface area contributed by atoms with Crippen molar-refractivity contribution in [3.63, 3.8) is 0 Å². The van der Waals surface area contributed by atoms with Crippen molar-refractivity contribution in [2.24, 2.45) is 7.05 Å². The Morgan fingerprint density at radius 3 is 2.59 bits per heavy atom. The molecule has 5 heteroatoms. The number of aryl methyl sites for hydroxylation is 2. The Balaban J connectivity index is 2.43. The van der Waals surface area contributed by atoms with Gasteiger partial charge < -0.3 is 5.32 Å². The number of nitrogens with zero attached hydrogens (tertiary/aromatic N) is 3. The smallest absolute Gasteiger partial charge is 0.0837 e. The van der Waals surface area contributed by atoms with Crippen molar-refractivity contribution in [3.05, 3.63) is 46.5 Å². The van der Waals surface area contributed by atoms with Crippen LogP contribution < -0.4 is 5.32 Å². The van der Waals surface area contributed by atoms with Crippen LogP contribution in [0.1, 0.15) is 23.0 Å². The normalized spacial score (nSPS) is 12.7. The minimum atomic E-state index is 0.00287. The monoisotopic (exact) mass is 250 g/mol. The third-order valence-corrected chi connectivity index (χ3v) is 3.06. The summed E-state index contributed by atoms with van der Waals surface area (Å²) in [5.74, 6) is 0. The van der Waals surface area contributed by atoms with E-state index in [-0.39, 0.29) is 6.04 Å². The summed E-state index contributed by atoms with van der Waals surface area (Å²) in [6.07, 6.45) is 3.52. The summed E-state index contributed by atoms with van der Waals surface area (Å²) in [5.41, 5.74) is 3.02. The predicted octanol–water partition coefficient (Wildman–Crippen LogP) is 2.09. The zero-order valence-corrected chi connectivity index (χ0v) is 10.9. The van der Waals surface area contributed by atoms with Crippen LogP contribution in [0, 0.1) is 6.92 Å². The van der Waals surface area contributed by atoms with Crippen molar-refractivity contribution in [2.75, 3.05) is 7.05 Å². The molecule has 0 bridgehead atoms. The summed E-state index contributed by atoms with van der Waals surface area (Å²) in [5, 5.41) is 8.05. The molecular formula is C12H15ClN4. The first-order valence-corrected chi connectivity index (χ1v) is 5.78. The topological polar surface area (TPSA) is 42.7 Å². The van der Waals surface area contributed by atoms with Gasteiger partial charge in [-0.15, -0.1) is 0 Å². The van der Waals surface area contributed by atoms with Crippen LogP contribution in [0.25, 0.3) is 0 Å². The van der Waals surface area contributed by atoms with Gasteiger partial charge in [0.2, 0.25) is 0 Å². The van der Waals surface area contributed by atoms with Crippen molar-refractivity contribution in [2.45, 2.75) is 13.0 Å². The van der Waals surface area contributed by atoms with Crippen LogP contribution in [0.15, 0.2) is 24.5 Å². The second kappa shape index (κ2) is 4.85. The summed E-state index contributed by atoms with van der Waals surface area (Å²) < 4.78 is 1.78. The Bertz CT molecular complexity index is 484. The van der Waals surface area contributed by atoms with Gasteiger partial charge >= 0.3 is 0 Å². The SMILES string of the molecule is CNC(c1ccc(C)nc1)c1c(Cl)cnn1C. The van der Waals surface area contributed by atoms with Gasteiger partial charge in [-0.1, -0.05) is 17.7 Å². The molecule has 4 nitrogen and oxygen atoms in total. The molecule has 90 valence electrons. The zero-order valence-electron chi connectivity index (χ0n) is 10.1. The maximum atomic E-state index is 6.16. The molecule has 2 aromatic heterocycles. The zero-order chi connectivity index (χ0) is 12.4. The van der Waals surface area contributed by atoms with Crippen molar-refractivity contribution in [1.82, 2.24) is 20.1 Å². The van der Waals surface area contributed by atoms with Crippen molar-refractivity contribution in [1.29, 1.82) is 0 Å². The lowest BCUT2D eigenvalue weighted by Crippen LogP contribution is -2.21. The Kier molecular flexibility index (Phi) is 3.45. The fraction of sp³-hybridized carbons (Fsp3) is 0.333. The van der Waals surface area contributed by atoms with Gasteiger partial charge in [-0.2, -0.15) is 5.10 Å². The Morgan fingerprint density at radius 2 is 2.12 bits per heavy atom. The van der Waals surface area contributed by atoms with E-state index in [1.54, 1.807) is 10.9 Å². The summed E-state index contributed by atoms with van der Waals surface area (Å²) in [6, 6.07) is 4.04. The number of rotatable bonds is 3. The van der Waals surface area contributed by atoms with E-state index in [9.17, 15) is 0 Å². The highest BCUT2D eigenvalue weighted by molar-refractivity contribution is 6.31. The van der Waals surface area contributed by atoms with E-state index in [4.69, 9.17) is 11.6 Å². The van der Waals surface area contributed by atoms with Gasteiger partial charge in [0.1, 0.15) is 0 Å². The lowest BCUT2D eigenvalue weighted by atomic mass is 10.1. The van der Waals surface area contributed by atoms with Crippen LogP contribution in [0.2, 0.25) is 5.02 Å². The van der Waals surface area contributed by atoms with Crippen LogP contribution in [-0.4, -0.2) is 21.8 Å². The summed E-state index contributed by atoms with van der Waals surface area (Å²) in [4.78, 5) is 4.30. The van der Waals surface area contributed by atoms with E-state index in [0.717, 1.165) is 17.0 Å². The van der Waals surface area contributed by atoms with E-state index in [2.05, 4.69) is 15.4 Å². The lowest BCUT2D eigenvalue weighted by Gasteiger charge is -2.17. The summed E-state index contributed by atoms with van der Waals surface area (Å²) in [7, 11) is 3.78. The van der Waals surface area contributed by atoms with Crippen molar-refractivity contribution < 1.29 is 0 Å². The minimum Gasteiger partial charge on any atom is -0.308 e. The highest BCUT2D eigenvalue weighted by atomic mass is 35.5. The molecule has 2 rings (SSSR count). The summed E-state index contributed by atoms with van der Waals surface area (Å²) in [6.45, 7) is 1.97. The molecule has 0 aliphatic rings. The van der Waals surface area contributed by atoms with E-state index < -0.39 is 0 Å². The fourth-order valence-corrected chi connectivity index (χ4v) is 2.13. The molecule has 2 aromatic rings. The van der Waals surface area contributed by atoms with Crippen LogP contribution in [0.3, 0.4) is 0 Å². The first kappa shape index (κ1) is 12.1. The van der Waals surface area contributed by atoms with Crippen LogP contribution >= 0.6 is 11.6 Å². The highest BCUT2D eigenvalue weighted by Gasteiger charge is 2.19. The molecule has 0 aliphatic carbocycles. The Morgan fingerprint density at radius 1 is 1.35 bits per heavy atom. The van der Waals surface area contributed by atoms with E-state index >= 15 is 0 Å². The Labute approximate surface area is 106 Å². The van der Waals surface area contributed by atoms with Crippen molar-refractivity contribution in [3.8, 4) is 0 Å². The van der Waals surface area contributed by atoms with Gasteiger partial charge in [-0.05, 0) is 25.6 Å². The predicted molar refractivity (Wildman–Crippen MR) is 68.1 cm³/mol. The van der Waals surface area contributed by atoms with E-state index in [1.165, 1.54) is 0 Å². The Hall–Kier alpha value is -1.39. The molecule has 0 saturated carbocycles. The molecule has 0 aromatic carbocycles. The lowest BCUT2D eigenvalue weighted by molar-refractivity contribution is 0.604. The average Bonchev–Trinajstić information content (AvgIpc) is 2.64.